The minimum Gasteiger partial charge on any atom is -0.379 e. The Labute approximate surface area is 125 Å². The molecule has 2 heterocycles. The Morgan fingerprint density at radius 1 is 1.40 bits per heavy atom. The molecule has 3 rings (SSSR count). The van der Waals surface area contributed by atoms with E-state index >= 15 is 0 Å². The SMILES string of the molecule is CC1(C(=O)Nc2nc(-c3ccc(Cl)cc3)cs2)COC1. The first-order valence-electron chi connectivity index (χ1n) is 6.17. The number of rotatable bonds is 3. The van der Waals surface area contributed by atoms with Crippen molar-refractivity contribution in [3.05, 3.63) is 34.7 Å². The van der Waals surface area contributed by atoms with E-state index in [1.54, 1.807) is 0 Å². The molecule has 2 aromatic rings. The lowest BCUT2D eigenvalue weighted by molar-refractivity contribution is -0.151. The molecule has 0 unspecified atom stereocenters. The first-order chi connectivity index (χ1) is 9.57. The molecule has 1 fully saturated rings. The van der Waals surface area contributed by atoms with Crippen LogP contribution in [0.4, 0.5) is 5.13 Å². The Morgan fingerprint density at radius 3 is 2.70 bits per heavy atom. The van der Waals surface area contributed by atoms with Crippen LogP contribution in [0, 0.1) is 5.41 Å². The van der Waals surface area contributed by atoms with E-state index < -0.39 is 5.41 Å². The topological polar surface area (TPSA) is 51.2 Å². The molecule has 6 heteroatoms. The first kappa shape index (κ1) is 13.5. The number of carbonyl (C=O) groups excluding carboxylic acids is 1. The van der Waals surface area contributed by atoms with E-state index in [9.17, 15) is 4.79 Å². The number of carbonyl (C=O) groups is 1. The summed E-state index contributed by atoms with van der Waals surface area (Å²) in [6, 6.07) is 7.45. The molecule has 0 radical (unpaired) electrons. The van der Waals surface area contributed by atoms with Crippen LogP contribution < -0.4 is 5.32 Å². The van der Waals surface area contributed by atoms with Crippen molar-refractivity contribution in [1.82, 2.24) is 4.98 Å². The fourth-order valence-corrected chi connectivity index (χ4v) is 2.71. The van der Waals surface area contributed by atoms with E-state index in [1.165, 1.54) is 11.3 Å². The number of halogens is 1. The third kappa shape index (κ3) is 2.57. The van der Waals surface area contributed by atoms with Gasteiger partial charge in [-0.15, -0.1) is 11.3 Å². The molecule has 0 aliphatic carbocycles. The van der Waals surface area contributed by atoms with Crippen molar-refractivity contribution in [2.75, 3.05) is 18.5 Å². The third-order valence-electron chi connectivity index (χ3n) is 3.25. The summed E-state index contributed by atoms with van der Waals surface area (Å²) >= 11 is 7.27. The number of aromatic nitrogens is 1. The summed E-state index contributed by atoms with van der Waals surface area (Å²) in [5.41, 5.74) is 1.38. The predicted octanol–water partition coefficient (Wildman–Crippen LogP) is 3.44. The van der Waals surface area contributed by atoms with Gasteiger partial charge in [-0.05, 0) is 19.1 Å². The van der Waals surface area contributed by atoms with Crippen molar-refractivity contribution in [3.63, 3.8) is 0 Å². The summed E-state index contributed by atoms with van der Waals surface area (Å²) in [6.45, 7) is 2.82. The summed E-state index contributed by atoms with van der Waals surface area (Å²) < 4.78 is 5.09. The van der Waals surface area contributed by atoms with E-state index in [4.69, 9.17) is 16.3 Å². The van der Waals surface area contributed by atoms with Crippen LogP contribution in [0.25, 0.3) is 11.3 Å². The van der Waals surface area contributed by atoms with Crippen molar-refractivity contribution < 1.29 is 9.53 Å². The number of amides is 1. The maximum Gasteiger partial charge on any atom is 0.236 e. The lowest BCUT2D eigenvalue weighted by Gasteiger charge is -2.35. The normalized spacial score (nSPS) is 16.5. The number of nitrogens with one attached hydrogen (secondary N) is 1. The van der Waals surface area contributed by atoms with Gasteiger partial charge in [0.1, 0.15) is 0 Å². The summed E-state index contributed by atoms with van der Waals surface area (Å²) in [6.07, 6.45) is 0. The van der Waals surface area contributed by atoms with Crippen LogP contribution in [0.5, 0.6) is 0 Å². The molecule has 0 atom stereocenters. The zero-order chi connectivity index (χ0) is 14.2. The molecule has 0 spiro atoms. The lowest BCUT2D eigenvalue weighted by Crippen LogP contribution is -2.49. The highest BCUT2D eigenvalue weighted by Crippen LogP contribution is 2.30. The van der Waals surface area contributed by atoms with Crippen molar-refractivity contribution in [1.29, 1.82) is 0 Å². The zero-order valence-corrected chi connectivity index (χ0v) is 12.4. The van der Waals surface area contributed by atoms with Gasteiger partial charge in [0.15, 0.2) is 5.13 Å². The average Bonchev–Trinajstić information content (AvgIpc) is 2.85. The monoisotopic (exact) mass is 308 g/mol. The van der Waals surface area contributed by atoms with Gasteiger partial charge < -0.3 is 10.1 Å². The van der Waals surface area contributed by atoms with E-state index in [-0.39, 0.29) is 5.91 Å². The predicted molar refractivity (Wildman–Crippen MR) is 80.1 cm³/mol. The van der Waals surface area contributed by atoms with Crippen molar-refractivity contribution in [2.24, 2.45) is 5.41 Å². The average molecular weight is 309 g/mol. The highest BCUT2D eigenvalue weighted by atomic mass is 35.5. The van der Waals surface area contributed by atoms with Gasteiger partial charge in [-0.25, -0.2) is 4.98 Å². The quantitative estimate of drug-likeness (QED) is 0.945. The third-order valence-corrected chi connectivity index (χ3v) is 4.26. The molecule has 1 aromatic carbocycles. The van der Waals surface area contributed by atoms with Gasteiger partial charge >= 0.3 is 0 Å². The Bertz CT molecular complexity index is 635. The van der Waals surface area contributed by atoms with Crippen LogP contribution in [-0.4, -0.2) is 24.1 Å². The molecule has 104 valence electrons. The molecule has 1 amide bonds. The van der Waals surface area contributed by atoms with Gasteiger partial charge in [0.2, 0.25) is 5.91 Å². The molecule has 1 aromatic heterocycles. The molecule has 4 nitrogen and oxygen atoms in total. The van der Waals surface area contributed by atoms with Crippen molar-refractivity contribution in [3.8, 4) is 11.3 Å². The molecule has 20 heavy (non-hydrogen) atoms. The van der Waals surface area contributed by atoms with Crippen LogP contribution in [-0.2, 0) is 9.53 Å². The maximum atomic E-state index is 12.1. The summed E-state index contributed by atoms with van der Waals surface area (Å²) in [5.74, 6) is -0.0410. The van der Waals surface area contributed by atoms with Crippen molar-refractivity contribution in [2.45, 2.75) is 6.92 Å². The Kier molecular flexibility index (Phi) is 3.50. The molecule has 0 bridgehead atoms. The number of benzene rings is 1. The van der Waals surface area contributed by atoms with Gasteiger partial charge in [-0.3, -0.25) is 4.79 Å². The minimum atomic E-state index is -0.424. The van der Waals surface area contributed by atoms with Crippen LogP contribution >= 0.6 is 22.9 Å². The standard InChI is InChI=1S/C14H13ClN2O2S/c1-14(7-19-8-14)12(18)17-13-16-11(6-20-13)9-2-4-10(15)5-3-9/h2-6H,7-8H2,1H3,(H,16,17,18). The fraction of sp³-hybridized carbons (Fsp3) is 0.286. The van der Waals surface area contributed by atoms with Crippen LogP contribution in [0.1, 0.15) is 6.92 Å². The highest BCUT2D eigenvalue weighted by molar-refractivity contribution is 7.14. The van der Waals surface area contributed by atoms with Crippen LogP contribution in [0.3, 0.4) is 0 Å². The molecule has 1 aliphatic rings. The molecular weight excluding hydrogens is 296 g/mol. The van der Waals surface area contributed by atoms with Gasteiger partial charge in [0.25, 0.3) is 0 Å². The highest BCUT2D eigenvalue weighted by Gasteiger charge is 2.41. The smallest absolute Gasteiger partial charge is 0.236 e. The van der Waals surface area contributed by atoms with Gasteiger partial charge in [0, 0.05) is 16.0 Å². The van der Waals surface area contributed by atoms with Crippen LogP contribution in [0.15, 0.2) is 29.6 Å². The number of nitrogens with zero attached hydrogens (tertiary/aromatic N) is 1. The summed E-state index contributed by atoms with van der Waals surface area (Å²) in [4.78, 5) is 16.5. The molecule has 1 aliphatic heterocycles. The lowest BCUT2D eigenvalue weighted by atomic mass is 9.88. The fourth-order valence-electron chi connectivity index (χ4n) is 1.87. The summed E-state index contributed by atoms with van der Waals surface area (Å²) in [5, 5.41) is 6.06. The molecule has 1 N–H and O–H groups in total. The van der Waals surface area contributed by atoms with Gasteiger partial charge in [0.05, 0.1) is 24.3 Å². The molecule has 1 saturated heterocycles. The van der Waals surface area contributed by atoms with Gasteiger partial charge in [-0.2, -0.15) is 0 Å². The van der Waals surface area contributed by atoms with Crippen molar-refractivity contribution >= 4 is 34.0 Å². The molecule has 0 saturated carbocycles. The number of ether oxygens (including phenoxy) is 1. The Hall–Kier alpha value is -1.43. The second-order valence-corrected chi connectivity index (χ2v) is 6.35. The molecular formula is C14H13ClN2O2S. The second kappa shape index (κ2) is 5.16. The second-order valence-electron chi connectivity index (χ2n) is 5.05. The minimum absolute atomic E-state index is 0.0410. The van der Waals surface area contributed by atoms with E-state index in [2.05, 4.69) is 10.3 Å². The zero-order valence-electron chi connectivity index (χ0n) is 10.9. The Balaban J connectivity index is 1.73. The first-order valence-corrected chi connectivity index (χ1v) is 7.43. The van der Waals surface area contributed by atoms with E-state index in [0.717, 1.165) is 11.3 Å². The largest absolute Gasteiger partial charge is 0.379 e. The maximum absolute atomic E-state index is 12.1. The van der Waals surface area contributed by atoms with E-state index in [0.29, 0.717) is 23.4 Å². The van der Waals surface area contributed by atoms with Gasteiger partial charge in [-0.1, -0.05) is 23.7 Å². The Morgan fingerprint density at radius 2 is 2.10 bits per heavy atom. The van der Waals surface area contributed by atoms with Crippen LogP contribution in [0.2, 0.25) is 5.02 Å². The number of anilines is 1. The number of hydrogen-bond donors (Lipinski definition) is 1. The van der Waals surface area contributed by atoms with E-state index in [1.807, 2.05) is 36.6 Å². The number of thiazole rings is 1. The number of hydrogen-bond acceptors (Lipinski definition) is 4. The summed E-state index contributed by atoms with van der Waals surface area (Å²) in [7, 11) is 0.